The number of nitrogens with zero attached hydrogens (tertiary/aromatic N) is 2. The van der Waals surface area contributed by atoms with Crippen LogP contribution in [0, 0.1) is 4.64 Å². The Morgan fingerprint density at radius 2 is 2.40 bits per heavy atom. The first kappa shape index (κ1) is 10.1. The lowest BCUT2D eigenvalue weighted by molar-refractivity contribution is 0.614. The van der Waals surface area contributed by atoms with Gasteiger partial charge in [-0.15, -0.1) is 0 Å². The van der Waals surface area contributed by atoms with Crippen LogP contribution in [0.1, 0.15) is 19.8 Å². The largest absolute Gasteiger partial charge is 0.341 e. The van der Waals surface area contributed by atoms with Crippen molar-refractivity contribution >= 4 is 23.4 Å². The number of imidazole rings is 1. The SMILES string of the molecule is CCCCn1c(=O)[nH]c(=S)c2[nH]cnc21. The zero-order valence-electron chi connectivity index (χ0n) is 8.41. The van der Waals surface area contributed by atoms with E-state index in [0.29, 0.717) is 16.8 Å². The van der Waals surface area contributed by atoms with Crippen molar-refractivity contribution in [1.82, 2.24) is 19.5 Å². The number of rotatable bonds is 3. The molecule has 0 unspecified atom stereocenters. The molecule has 5 nitrogen and oxygen atoms in total. The molecule has 0 bridgehead atoms. The number of hydrogen-bond donors (Lipinski definition) is 2. The number of aryl methyl sites for hydroxylation is 1. The van der Waals surface area contributed by atoms with E-state index in [0.717, 1.165) is 18.4 Å². The molecule has 15 heavy (non-hydrogen) atoms. The van der Waals surface area contributed by atoms with Crippen molar-refractivity contribution in [3.63, 3.8) is 0 Å². The third-order valence-electron chi connectivity index (χ3n) is 2.30. The van der Waals surface area contributed by atoms with E-state index in [1.54, 1.807) is 10.9 Å². The summed E-state index contributed by atoms with van der Waals surface area (Å²) in [7, 11) is 0. The van der Waals surface area contributed by atoms with Crippen LogP contribution in [-0.4, -0.2) is 19.5 Å². The normalized spacial score (nSPS) is 11.0. The Morgan fingerprint density at radius 3 is 3.13 bits per heavy atom. The Bertz CT molecular complexity index is 580. The number of aromatic nitrogens is 4. The predicted molar refractivity (Wildman–Crippen MR) is 60.4 cm³/mol. The standard InChI is InChI=1S/C9H12N4OS/c1-2-3-4-13-7-6(10-5-11-7)8(15)12-9(13)14/h5H,2-4H2,1H3,(H,10,11)(H,12,14,15). The maximum atomic E-state index is 11.6. The lowest BCUT2D eigenvalue weighted by atomic mass is 10.3. The van der Waals surface area contributed by atoms with E-state index in [-0.39, 0.29) is 5.69 Å². The van der Waals surface area contributed by atoms with Gasteiger partial charge in [-0.3, -0.25) is 9.55 Å². The van der Waals surface area contributed by atoms with Crippen molar-refractivity contribution in [3.8, 4) is 0 Å². The number of fused-ring (bicyclic) bond motifs is 1. The zero-order valence-corrected chi connectivity index (χ0v) is 9.23. The molecule has 0 radical (unpaired) electrons. The number of hydrogen-bond acceptors (Lipinski definition) is 3. The van der Waals surface area contributed by atoms with Gasteiger partial charge in [0.1, 0.15) is 10.2 Å². The van der Waals surface area contributed by atoms with Crippen molar-refractivity contribution in [2.75, 3.05) is 0 Å². The molecular weight excluding hydrogens is 212 g/mol. The number of nitrogens with one attached hydrogen (secondary N) is 2. The zero-order chi connectivity index (χ0) is 10.8. The van der Waals surface area contributed by atoms with Crippen molar-refractivity contribution in [2.45, 2.75) is 26.3 Å². The summed E-state index contributed by atoms with van der Waals surface area (Å²) in [6, 6.07) is 0. The third kappa shape index (κ3) is 1.72. The van der Waals surface area contributed by atoms with Crippen LogP contribution in [0.15, 0.2) is 11.1 Å². The van der Waals surface area contributed by atoms with Gasteiger partial charge >= 0.3 is 5.69 Å². The van der Waals surface area contributed by atoms with Crippen LogP contribution >= 0.6 is 12.2 Å². The molecule has 0 aliphatic carbocycles. The molecule has 2 N–H and O–H groups in total. The molecule has 0 aliphatic rings. The molecule has 6 heteroatoms. The Kier molecular flexibility index (Phi) is 2.68. The summed E-state index contributed by atoms with van der Waals surface area (Å²) in [4.78, 5) is 21.3. The fourth-order valence-electron chi connectivity index (χ4n) is 1.51. The highest BCUT2D eigenvalue weighted by Crippen LogP contribution is 2.07. The van der Waals surface area contributed by atoms with Gasteiger partial charge in [0.2, 0.25) is 0 Å². The first-order valence-electron chi connectivity index (χ1n) is 4.90. The Morgan fingerprint density at radius 1 is 1.60 bits per heavy atom. The van der Waals surface area contributed by atoms with Gasteiger partial charge in [0.05, 0.1) is 6.33 Å². The number of unbranched alkanes of at least 4 members (excludes halogenated alkanes) is 1. The van der Waals surface area contributed by atoms with Crippen molar-refractivity contribution in [3.05, 3.63) is 21.5 Å². The average molecular weight is 224 g/mol. The van der Waals surface area contributed by atoms with Gasteiger partial charge < -0.3 is 4.98 Å². The number of aromatic amines is 2. The third-order valence-corrected chi connectivity index (χ3v) is 2.61. The highest BCUT2D eigenvalue weighted by Gasteiger charge is 2.06. The van der Waals surface area contributed by atoms with Crippen LogP contribution in [0.4, 0.5) is 0 Å². The highest BCUT2D eigenvalue weighted by atomic mass is 32.1. The summed E-state index contributed by atoms with van der Waals surface area (Å²) in [5.74, 6) is 0. The van der Waals surface area contributed by atoms with Crippen LogP contribution in [0.3, 0.4) is 0 Å². The smallest absolute Gasteiger partial charge is 0.328 e. The minimum absolute atomic E-state index is 0.187. The second-order valence-corrected chi connectivity index (χ2v) is 3.77. The predicted octanol–water partition coefficient (Wildman–Crippen LogP) is 1.58. The summed E-state index contributed by atoms with van der Waals surface area (Å²) < 4.78 is 2.03. The molecule has 2 aromatic heterocycles. The van der Waals surface area contributed by atoms with E-state index >= 15 is 0 Å². The summed E-state index contributed by atoms with van der Waals surface area (Å²) in [6.07, 6.45) is 3.54. The summed E-state index contributed by atoms with van der Waals surface area (Å²) >= 11 is 5.03. The molecule has 0 saturated carbocycles. The lowest BCUT2D eigenvalue weighted by Gasteiger charge is -2.04. The van der Waals surface area contributed by atoms with Gasteiger partial charge in [-0.2, -0.15) is 0 Å². The first-order chi connectivity index (χ1) is 7.24. The molecule has 0 spiro atoms. The monoisotopic (exact) mass is 224 g/mol. The van der Waals surface area contributed by atoms with E-state index in [9.17, 15) is 4.79 Å². The summed E-state index contributed by atoms with van der Waals surface area (Å²) in [6.45, 7) is 2.75. The van der Waals surface area contributed by atoms with Gasteiger partial charge in [0.25, 0.3) is 0 Å². The fourth-order valence-corrected chi connectivity index (χ4v) is 1.74. The molecule has 0 saturated heterocycles. The second kappa shape index (κ2) is 3.98. The van der Waals surface area contributed by atoms with Crippen LogP contribution < -0.4 is 5.69 Å². The summed E-state index contributed by atoms with van der Waals surface area (Å²) in [5.41, 5.74) is 1.17. The van der Waals surface area contributed by atoms with E-state index in [1.807, 2.05) is 0 Å². The van der Waals surface area contributed by atoms with E-state index < -0.39 is 0 Å². The van der Waals surface area contributed by atoms with Crippen molar-refractivity contribution < 1.29 is 0 Å². The molecule has 0 aliphatic heterocycles. The summed E-state index contributed by atoms with van der Waals surface area (Å²) in [5, 5.41) is 0. The molecule has 0 aromatic carbocycles. The highest BCUT2D eigenvalue weighted by molar-refractivity contribution is 7.71. The topological polar surface area (TPSA) is 66.5 Å². The van der Waals surface area contributed by atoms with Gasteiger partial charge in [0.15, 0.2) is 5.65 Å². The molecule has 0 amide bonds. The molecule has 2 rings (SSSR count). The van der Waals surface area contributed by atoms with Crippen LogP contribution in [0.5, 0.6) is 0 Å². The number of H-pyrrole nitrogens is 2. The minimum atomic E-state index is -0.187. The van der Waals surface area contributed by atoms with Crippen LogP contribution in [0.25, 0.3) is 11.2 Å². The molecular formula is C9H12N4OS. The lowest BCUT2D eigenvalue weighted by Crippen LogP contribution is -2.23. The molecule has 2 aromatic rings. The van der Waals surface area contributed by atoms with Crippen LogP contribution in [0.2, 0.25) is 0 Å². The van der Waals surface area contributed by atoms with E-state index in [2.05, 4.69) is 21.9 Å². The fraction of sp³-hybridized carbons (Fsp3) is 0.444. The van der Waals surface area contributed by atoms with Gasteiger partial charge in [0, 0.05) is 6.54 Å². The Labute approximate surface area is 91.2 Å². The van der Waals surface area contributed by atoms with Crippen LogP contribution in [-0.2, 0) is 6.54 Å². The quantitative estimate of drug-likeness (QED) is 0.778. The van der Waals surface area contributed by atoms with E-state index in [1.165, 1.54) is 0 Å². The average Bonchev–Trinajstić information content (AvgIpc) is 2.66. The minimum Gasteiger partial charge on any atom is -0.341 e. The van der Waals surface area contributed by atoms with Gasteiger partial charge in [-0.1, -0.05) is 25.6 Å². The second-order valence-electron chi connectivity index (χ2n) is 3.37. The Hall–Kier alpha value is -1.43. The Balaban J connectivity index is 2.66. The van der Waals surface area contributed by atoms with E-state index in [4.69, 9.17) is 12.2 Å². The van der Waals surface area contributed by atoms with Crippen molar-refractivity contribution in [1.29, 1.82) is 0 Å². The molecule has 0 atom stereocenters. The molecule has 0 fully saturated rings. The maximum Gasteiger partial charge on any atom is 0.328 e. The van der Waals surface area contributed by atoms with Gasteiger partial charge in [-0.05, 0) is 6.42 Å². The maximum absolute atomic E-state index is 11.6. The molecule has 2 heterocycles. The molecule has 80 valence electrons. The van der Waals surface area contributed by atoms with Crippen molar-refractivity contribution in [2.24, 2.45) is 0 Å². The first-order valence-corrected chi connectivity index (χ1v) is 5.31. The van der Waals surface area contributed by atoms with Gasteiger partial charge in [-0.25, -0.2) is 9.78 Å².